The number of benzene rings is 1. The first-order valence-electron chi connectivity index (χ1n) is 5.17. The molecule has 2 heteroatoms. The molecule has 0 aliphatic carbocycles. The zero-order valence-electron chi connectivity index (χ0n) is 9.29. The van der Waals surface area contributed by atoms with Crippen LogP contribution in [0.15, 0.2) is 24.3 Å². The van der Waals surface area contributed by atoms with Crippen molar-refractivity contribution in [1.82, 2.24) is 0 Å². The third kappa shape index (κ3) is 3.04. The van der Waals surface area contributed by atoms with Crippen LogP contribution in [0.1, 0.15) is 19.4 Å². The summed E-state index contributed by atoms with van der Waals surface area (Å²) in [6.45, 7) is 8.69. The summed E-state index contributed by atoms with van der Waals surface area (Å²) in [4.78, 5) is 2.22. The smallest absolute Gasteiger partial charge is 0.118 e. The Labute approximate surface area is 86.5 Å². The third-order valence-electron chi connectivity index (χ3n) is 2.20. The summed E-state index contributed by atoms with van der Waals surface area (Å²) in [6.07, 6.45) is 0. The molecule has 1 rings (SSSR count). The second-order valence-corrected chi connectivity index (χ2v) is 3.32. The first-order valence-corrected chi connectivity index (χ1v) is 5.17. The molecule has 1 aromatic carbocycles. The Morgan fingerprint density at radius 2 is 2.07 bits per heavy atom. The summed E-state index contributed by atoms with van der Waals surface area (Å²) in [5, 5.41) is 0. The molecule has 0 fully saturated rings. The largest absolute Gasteiger partial charge is 0.361 e. The maximum absolute atomic E-state index is 5.41. The van der Waals surface area contributed by atoms with Crippen molar-refractivity contribution in [3.05, 3.63) is 29.8 Å². The average Bonchev–Trinajstić information content (AvgIpc) is 2.19. The topological polar surface area (TPSA) is 12.5 Å². The molecular weight excluding hydrogens is 174 g/mol. The predicted octanol–water partition coefficient (Wildman–Crippen LogP) is 2.82. The van der Waals surface area contributed by atoms with Crippen molar-refractivity contribution in [2.45, 2.75) is 20.8 Å². The zero-order valence-corrected chi connectivity index (χ0v) is 9.29. The molecule has 78 valence electrons. The van der Waals surface area contributed by atoms with E-state index in [1.54, 1.807) is 0 Å². The molecule has 0 atom stereocenters. The van der Waals surface area contributed by atoms with Crippen molar-refractivity contribution in [2.24, 2.45) is 0 Å². The Hall–Kier alpha value is -1.02. The van der Waals surface area contributed by atoms with Gasteiger partial charge in [0.25, 0.3) is 0 Å². The van der Waals surface area contributed by atoms with Crippen molar-refractivity contribution in [2.75, 3.05) is 24.8 Å². The number of ether oxygens (including phenoxy) is 1. The maximum atomic E-state index is 5.41. The van der Waals surface area contributed by atoms with E-state index in [2.05, 4.69) is 43.0 Å². The molecule has 0 unspecified atom stereocenters. The van der Waals surface area contributed by atoms with Gasteiger partial charge in [0.1, 0.15) is 6.73 Å². The van der Waals surface area contributed by atoms with Gasteiger partial charge in [-0.2, -0.15) is 0 Å². The molecule has 1 aromatic rings. The standard InChI is InChI=1S/C12H19NO/c1-4-13(10-14-5-2)12-8-6-7-11(3)9-12/h6-9H,4-5,10H2,1-3H3. The summed E-state index contributed by atoms with van der Waals surface area (Å²) in [6, 6.07) is 8.50. The van der Waals surface area contributed by atoms with Gasteiger partial charge < -0.3 is 9.64 Å². The van der Waals surface area contributed by atoms with Gasteiger partial charge in [-0.25, -0.2) is 0 Å². The highest BCUT2D eigenvalue weighted by Gasteiger charge is 2.02. The molecule has 0 amide bonds. The lowest BCUT2D eigenvalue weighted by atomic mass is 10.2. The van der Waals surface area contributed by atoms with Gasteiger partial charge in [-0.1, -0.05) is 12.1 Å². The minimum Gasteiger partial charge on any atom is -0.361 e. The van der Waals surface area contributed by atoms with Crippen LogP contribution in [0.2, 0.25) is 0 Å². The van der Waals surface area contributed by atoms with E-state index in [1.165, 1.54) is 11.3 Å². The van der Waals surface area contributed by atoms with E-state index < -0.39 is 0 Å². The summed E-state index contributed by atoms with van der Waals surface area (Å²) >= 11 is 0. The van der Waals surface area contributed by atoms with Crippen molar-refractivity contribution >= 4 is 5.69 Å². The van der Waals surface area contributed by atoms with E-state index in [0.717, 1.165) is 13.2 Å². The number of rotatable bonds is 5. The molecule has 0 aliphatic heterocycles. The average molecular weight is 193 g/mol. The van der Waals surface area contributed by atoms with Gasteiger partial charge in [-0.15, -0.1) is 0 Å². The molecule has 0 bridgehead atoms. The van der Waals surface area contributed by atoms with Crippen LogP contribution in [-0.4, -0.2) is 19.9 Å². The van der Waals surface area contributed by atoms with Gasteiger partial charge in [0.15, 0.2) is 0 Å². The SMILES string of the molecule is CCOCN(CC)c1cccc(C)c1. The highest BCUT2D eigenvalue weighted by atomic mass is 16.5. The molecule has 0 aromatic heterocycles. The van der Waals surface area contributed by atoms with Crippen molar-refractivity contribution in [3.63, 3.8) is 0 Å². The van der Waals surface area contributed by atoms with Crippen LogP contribution in [0.5, 0.6) is 0 Å². The fourth-order valence-electron chi connectivity index (χ4n) is 1.37. The van der Waals surface area contributed by atoms with Crippen LogP contribution in [0.4, 0.5) is 5.69 Å². The summed E-state index contributed by atoms with van der Waals surface area (Å²) < 4.78 is 5.41. The van der Waals surface area contributed by atoms with Crippen LogP contribution in [0.25, 0.3) is 0 Å². The lowest BCUT2D eigenvalue weighted by Crippen LogP contribution is -2.25. The fraction of sp³-hybridized carbons (Fsp3) is 0.500. The van der Waals surface area contributed by atoms with Gasteiger partial charge in [0.05, 0.1) is 0 Å². The molecule has 0 spiro atoms. The number of hydrogen-bond acceptors (Lipinski definition) is 2. The van der Waals surface area contributed by atoms with Crippen LogP contribution in [0.3, 0.4) is 0 Å². The van der Waals surface area contributed by atoms with E-state index in [0.29, 0.717) is 6.73 Å². The number of aryl methyl sites for hydroxylation is 1. The molecule has 2 nitrogen and oxygen atoms in total. The third-order valence-corrected chi connectivity index (χ3v) is 2.20. The lowest BCUT2D eigenvalue weighted by molar-refractivity contribution is 0.148. The van der Waals surface area contributed by atoms with Crippen LogP contribution in [0, 0.1) is 6.92 Å². The Morgan fingerprint density at radius 3 is 2.64 bits per heavy atom. The summed E-state index contributed by atoms with van der Waals surface area (Å²) in [5.41, 5.74) is 2.53. The Kier molecular flexibility index (Phi) is 4.47. The molecule has 0 radical (unpaired) electrons. The van der Waals surface area contributed by atoms with Gasteiger partial charge in [0.2, 0.25) is 0 Å². The molecule has 0 heterocycles. The van der Waals surface area contributed by atoms with E-state index in [1.807, 2.05) is 6.92 Å². The van der Waals surface area contributed by atoms with Crippen LogP contribution < -0.4 is 4.90 Å². The first-order chi connectivity index (χ1) is 6.77. The second-order valence-electron chi connectivity index (χ2n) is 3.32. The molecule has 14 heavy (non-hydrogen) atoms. The molecule has 0 aliphatic rings. The zero-order chi connectivity index (χ0) is 10.4. The fourth-order valence-corrected chi connectivity index (χ4v) is 1.37. The van der Waals surface area contributed by atoms with E-state index in [-0.39, 0.29) is 0 Å². The monoisotopic (exact) mass is 193 g/mol. The highest BCUT2D eigenvalue weighted by molar-refractivity contribution is 5.47. The Morgan fingerprint density at radius 1 is 1.29 bits per heavy atom. The van der Waals surface area contributed by atoms with Crippen molar-refractivity contribution < 1.29 is 4.74 Å². The number of hydrogen-bond donors (Lipinski definition) is 0. The summed E-state index contributed by atoms with van der Waals surface area (Å²) in [7, 11) is 0. The van der Waals surface area contributed by atoms with E-state index in [4.69, 9.17) is 4.74 Å². The molecule has 0 saturated heterocycles. The maximum Gasteiger partial charge on any atom is 0.118 e. The van der Waals surface area contributed by atoms with Crippen molar-refractivity contribution in [3.8, 4) is 0 Å². The number of anilines is 1. The molecule has 0 saturated carbocycles. The Bertz CT molecular complexity index is 273. The molecule has 0 N–H and O–H groups in total. The van der Waals surface area contributed by atoms with Gasteiger partial charge >= 0.3 is 0 Å². The van der Waals surface area contributed by atoms with Crippen LogP contribution in [-0.2, 0) is 4.74 Å². The molecular formula is C12H19NO. The van der Waals surface area contributed by atoms with Gasteiger partial charge in [-0.05, 0) is 38.5 Å². The second kappa shape index (κ2) is 5.66. The highest BCUT2D eigenvalue weighted by Crippen LogP contribution is 2.15. The van der Waals surface area contributed by atoms with Crippen LogP contribution >= 0.6 is 0 Å². The quantitative estimate of drug-likeness (QED) is 0.667. The summed E-state index contributed by atoms with van der Waals surface area (Å²) in [5.74, 6) is 0. The van der Waals surface area contributed by atoms with Gasteiger partial charge in [0, 0.05) is 18.8 Å². The Balaban J connectivity index is 2.68. The van der Waals surface area contributed by atoms with E-state index in [9.17, 15) is 0 Å². The minimum atomic E-state index is 0.677. The van der Waals surface area contributed by atoms with Gasteiger partial charge in [-0.3, -0.25) is 0 Å². The lowest BCUT2D eigenvalue weighted by Gasteiger charge is -2.22. The minimum absolute atomic E-state index is 0.677. The van der Waals surface area contributed by atoms with Crippen molar-refractivity contribution in [1.29, 1.82) is 0 Å². The number of nitrogens with zero attached hydrogens (tertiary/aromatic N) is 1. The predicted molar refractivity (Wildman–Crippen MR) is 60.7 cm³/mol. The first kappa shape index (κ1) is 11.1. The normalized spacial score (nSPS) is 10.2. The van der Waals surface area contributed by atoms with E-state index >= 15 is 0 Å².